The predicted molar refractivity (Wildman–Crippen MR) is 73.2 cm³/mol. The molecule has 0 aliphatic carbocycles. The monoisotopic (exact) mass is 279 g/mol. The number of methoxy groups -OCH3 is 2. The molecule has 20 heavy (non-hydrogen) atoms. The van der Waals surface area contributed by atoms with Crippen LogP contribution in [0.2, 0.25) is 0 Å². The molecular formula is C15H15F2NO2. The van der Waals surface area contributed by atoms with Gasteiger partial charge in [0.2, 0.25) is 0 Å². The molecular weight excluding hydrogens is 264 g/mol. The molecule has 1 N–H and O–H groups in total. The van der Waals surface area contributed by atoms with Crippen LogP contribution in [0.4, 0.5) is 14.5 Å². The maximum atomic E-state index is 13.1. The second kappa shape index (κ2) is 6.23. The van der Waals surface area contributed by atoms with Gasteiger partial charge < -0.3 is 14.8 Å². The fraction of sp³-hybridized carbons (Fsp3) is 0.200. The fourth-order valence-corrected chi connectivity index (χ4v) is 1.78. The maximum Gasteiger partial charge on any atom is 0.160 e. The minimum atomic E-state index is -0.877. The molecule has 3 nitrogen and oxygen atoms in total. The van der Waals surface area contributed by atoms with E-state index in [-0.39, 0.29) is 0 Å². The first kappa shape index (κ1) is 14.1. The lowest BCUT2D eigenvalue weighted by molar-refractivity contribution is 0.393. The van der Waals surface area contributed by atoms with E-state index in [1.165, 1.54) is 6.07 Å². The van der Waals surface area contributed by atoms with Gasteiger partial charge in [-0.15, -0.1) is 0 Å². The lowest BCUT2D eigenvalue weighted by Crippen LogP contribution is -2.01. The predicted octanol–water partition coefficient (Wildman–Crippen LogP) is 3.59. The number of ether oxygens (including phenoxy) is 2. The fourth-order valence-electron chi connectivity index (χ4n) is 1.78. The van der Waals surface area contributed by atoms with Crippen molar-refractivity contribution < 1.29 is 18.3 Å². The quantitative estimate of drug-likeness (QED) is 0.907. The molecule has 0 unspecified atom stereocenters. The van der Waals surface area contributed by atoms with E-state index in [2.05, 4.69) is 5.32 Å². The smallest absolute Gasteiger partial charge is 0.160 e. The standard InChI is InChI=1S/C15H15F2NO2/c1-19-12-5-10(6-13(8-12)20-2)9-18-11-3-4-14(16)15(17)7-11/h3-8,18H,9H2,1-2H3. The molecule has 0 radical (unpaired) electrons. The summed E-state index contributed by atoms with van der Waals surface area (Å²) in [5.74, 6) is -0.394. The Balaban J connectivity index is 2.11. The minimum Gasteiger partial charge on any atom is -0.497 e. The summed E-state index contributed by atoms with van der Waals surface area (Å²) in [6.45, 7) is 0.443. The molecule has 0 heterocycles. The van der Waals surface area contributed by atoms with Crippen LogP contribution in [0.1, 0.15) is 5.56 Å². The van der Waals surface area contributed by atoms with Gasteiger partial charge in [0.05, 0.1) is 14.2 Å². The Bertz CT molecular complexity index is 580. The van der Waals surface area contributed by atoms with Gasteiger partial charge in [0.25, 0.3) is 0 Å². The Morgan fingerprint density at radius 1 is 0.900 bits per heavy atom. The van der Waals surface area contributed by atoms with Crippen LogP contribution in [-0.2, 0) is 6.54 Å². The summed E-state index contributed by atoms with van der Waals surface area (Å²) in [4.78, 5) is 0. The Labute approximate surface area is 116 Å². The lowest BCUT2D eigenvalue weighted by atomic mass is 10.2. The summed E-state index contributed by atoms with van der Waals surface area (Å²) >= 11 is 0. The van der Waals surface area contributed by atoms with E-state index in [0.717, 1.165) is 17.7 Å². The van der Waals surface area contributed by atoms with Gasteiger partial charge >= 0.3 is 0 Å². The highest BCUT2D eigenvalue weighted by atomic mass is 19.2. The van der Waals surface area contributed by atoms with Crippen LogP contribution in [0.15, 0.2) is 36.4 Å². The number of halogens is 2. The van der Waals surface area contributed by atoms with Crippen LogP contribution in [0, 0.1) is 11.6 Å². The molecule has 0 saturated heterocycles. The third-order valence-corrected chi connectivity index (χ3v) is 2.83. The molecule has 0 aliphatic rings. The van der Waals surface area contributed by atoms with Crippen LogP contribution < -0.4 is 14.8 Å². The summed E-state index contributed by atoms with van der Waals surface area (Å²) in [6, 6.07) is 9.14. The second-order valence-electron chi connectivity index (χ2n) is 4.20. The molecule has 0 fully saturated rings. The maximum absolute atomic E-state index is 13.1. The van der Waals surface area contributed by atoms with Crippen molar-refractivity contribution in [2.75, 3.05) is 19.5 Å². The van der Waals surface area contributed by atoms with Crippen molar-refractivity contribution in [3.05, 3.63) is 53.6 Å². The average molecular weight is 279 g/mol. The number of anilines is 1. The zero-order chi connectivity index (χ0) is 14.5. The van der Waals surface area contributed by atoms with E-state index in [1.807, 2.05) is 12.1 Å². The van der Waals surface area contributed by atoms with Crippen LogP contribution >= 0.6 is 0 Å². The molecule has 0 amide bonds. The number of hydrogen-bond acceptors (Lipinski definition) is 3. The second-order valence-corrected chi connectivity index (χ2v) is 4.20. The van der Waals surface area contributed by atoms with Crippen LogP contribution in [-0.4, -0.2) is 14.2 Å². The van der Waals surface area contributed by atoms with Crippen molar-refractivity contribution in [1.82, 2.24) is 0 Å². The summed E-state index contributed by atoms with van der Waals surface area (Å²) in [5.41, 5.74) is 1.41. The van der Waals surface area contributed by atoms with E-state index in [4.69, 9.17) is 9.47 Å². The van der Waals surface area contributed by atoms with Gasteiger partial charge in [0, 0.05) is 24.4 Å². The largest absolute Gasteiger partial charge is 0.497 e. The Morgan fingerprint density at radius 3 is 2.10 bits per heavy atom. The highest BCUT2D eigenvalue weighted by molar-refractivity contribution is 5.46. The summed E-state index contributed by atoms with van der Waals surface area (Å²) in [5, 5.41) is 3.01. The third kappa shape index (κ3) is 3.38. The van der Waals surface area contributed by atoms with Crippen molar-refractivity contribution in [3.8, 4) is 11.5 Å². The molecule has 106 valence electrons. The van der Waals surface area contributed by atoms with Gasteiger partial charge in [-0.05, 0) is 29.8 Å². The summed E-state index contributed by atoms with van der Waals surface area (Å²) < 4.78 is 36.2. The van der Waals surface area contributed by atoms with Gasteiger partial charge in [0.1, 0.15) is 11.5 Å². The average Bonchev–Trinajstić information content (AvgIpc) is 2.48. The molecule has 0 spiro atoms. The third-order valence-electron chi connectivity index (χ3n) is 2.83. The first-order valence-electron chi connectivity index (χ1n) is 6.03. The van der Waals surface area contributed by atoms with E-state index in [9.17, 15) is 8.78 Å². The highest BCUT2D eigenvalue weighted by Crippen LogP contribution is 2.23. The van der Waals surface area contributed by atoms with Crippen LogP contribution in [0.3, 0.4) is 0 Å². The molecule has 0 bridgehead atoms. The van der Waals surface area contributed by atoms with E-state index >= 15 is 0 Å². The summed E-state index contributed by atoms with van der Waals surface area (Å²) in [7, 11) is 3.14. The molecule has 0 atom stereocenters. The minimum absolute atomic E-state index is 0.443. The number of hydrogen-bond donors (Lipinski definition) is 1. The van der Waals surface area contributed by atoms with Gasteiger partial charge in [0.15, 0.2) is 11.6 Å². The molecule has 0 saturated carbocycles. The lowest BCUT2D eigenvalue weighted by Gasteiger charge is -2.10. The van der Waals surface area contributed by atoms with Crippen molar-refractivity contribution in [2.45, 2.75) is 6.54 Å². The van der Waals surface area contributed by atoms with Crippen LogP contribution in [0.5, 0.6) is 11.5 Å². The van der Waals surface area contributed by atoms with E-state index in [1.54, 1.807) is 20.3 Å². The normalized spacial score (nSPS) is 10.2. The Kier molecular flexibility index (Phi) is 4.40. The van der Waals surface area contributed by atoms with Crippen LogP contribution in [0.25, 0.3) is 0 Å². The first-order valence-corrected chi connectivity index (χ1v) is 6.03. The van der Waals surface area contributed by atoms with E-state index < -0.39 is 11.6 Å². The molecule has 2 rings (SSSR count). The molecule has 5 heteroatoms. The van der Waals surface area contributed by atoms with Crippen molar-refractivity contribution in [2.24, 2.45) is 0 Å². The molecule has 0 aliphatic heterocycles. The molecule has 0 aromatic heterocycles. The van der Waals surface area contributed by atoms with E-state index in [0.29, 0.717) is 23.7 Å². The highest BCUT2D eigenvalue weighted by Gasteiger charge is 2.04. The first-order chi connectivity index (χ1) is 9.62. The summed E-state index contributed by atoms with van der Waals surface area (Å²) in [6.07, 6.45) is 0. The SMILES string of the molecule is COc1cc(CNc2ccc(F)c(F)c2)cc(OC)c1. The topological polar surface area (TPSA) is 30.5 Å². The van der Waals surface area contributed by atoms with Gasteiger partial charge in [-0.3, -0.25) is 0 Å². The number of rotatable bonds is 5. The zero-order valence-corrected chi connectivity index (χ0v) is 11.2. The van der Waals surface area contributed by atoms with Gasteiger partial charge in [-0.25, -0.2) is 8.78 Å². The van der Waals surface area contributed by atoms with Crippen molar-refractivity contribution in [3.63, 3.8) is 0 Å². The molecule has 2 aromatic carbocycles. The molecule has 2 aromatic rings. The van der Waals surface area contributed by atoms with Gasteiger partial charge in [-0.2, -0.15) is 0 Å². The van der Waals surface area contributed by atoms with Crippen molar-refractivity contribution >= 4 is 5.69 Å². The van der Waals surface area contributed by atoms with Crippen molar-refractivity contribution in [1.29, 1.82) is 0 Å². The van der Waals surface area contributed by atoms with Gasteiger partial charge in [-0.1, -0.05) is 0 Å². The Morgan fingerprint density at radius 2 is 1.55 bits per heavy atom. The Hall–Kier alpha value is -2.30. The zero-order valence-electron chi connectivity index (χ0n) is 11.2. The number of benzene rings is 2. The number of nitrogens with one attached hydrogen (secondary N) is 1.